The summed E-state index contributed by atoms with van der Waals surface area (Å²) in [6, 6.07) is 11.5. The van der Waals surface area contributed by atoms with Crippen LogP contribution in [0.1, 0.15) is 73.1 Å². The van der Waals surface area contributed by atoms with Crippen molar-refractivity contribution in [2.24, 2.45) is 0 Å². The van der Waals surface area contributed by atoms with Crippen LogP contribution in [0.4, 0.5) is 5.13 Å². The van der Waals surface area contributed by atoms with Gasteiger partial charge >= 0.3 is 0 Å². The molecule has 1 aliphatic rings. The Morgan fingerprint density at radius 1 is 0.974 bits per heavy atom. The van der Waals surface area contributed by atoms with Gasteiger partial charge in [0, 0.05) is 26.1 Å². The topological polar surface area (TPSA) is 117 Å². The van der Waals surface area contributed by atoms with E-state index in [1.54, 1.807) is 46.8 Å². The number of nitrogens with one attached hydrogen (secondary N) is 1. The lowest BCUT2D eigenvalue weighted by atomic mass is 10.1. The number of rotatable bonds is 13. The van der Waals surface area contributed by atoms with E-state index in [0.717, 1.165) is 25.7 Å². The Hall–Kier alpha value is -3.15. The Kier molecular flexibility index (Phi) is 8.91. The molecule has 1 aromatic heterocycles. The first-order chi connectivity index (χ1) is 18.3. The van der Waals surface area contributed by atoms with Crippen LogP contribution in [-0.2, 0) is 14.8 Å². The molecule has 0 atom stereocenters. The van der Waals surface area contributed by atoms with E-state index in [1.165, 1.54) is 16.2 Å². The first-order valence-corrected chi connectivity index (χ1v) is 15.2. The van der Waals surface area contributed by atoms with E-state index in [0.29, 0.717) is 46.0 Å². The quantitative estimate of drug-likeness (QED) is 0.299. The third-order valence-corrected chi connectivity index (χ3v) is 9.26. The molecule has 1 aliphatic heterocycles. The zero-order chi connectivity index (χ0) is 27.3. The number of benzene rings is 2. The number of hydrogen-bond donors (Lipinski definition) is 1. The van der Waals surface area contributed by atoms with Gasteiger partial charge in [-0.3, -0.25) is 19.3 Å². The molecule has 0 spiro atoms. The van der Waals surface area contributed by atoms with Crippen LogP contribution in [0.2, 0.25) is 0 Å². The van der Waals surface area contributed by atoms with Crippen molar-refractivity contribution >= 4 is 54.4 Å². The summed E-state index contributed by atoms with van der Waals surface area (Å²) < 4.78 is 28.8. The largest absolute Gasteiger partial charge is 0.302 e. The second-order valence-electron chi connectivity index (χ2n) is 9.22. The van der Waals surface area contributed by atoms with Crippen molar-refractivity contribution in [3.63, 3.8) is 0 Å². The maximum Gasteiger partial charge on any atom is 0.261 e. The molecule has 3 aromatic rings. The summed E-state index contributed by atoms with van der Waals surface area (Å²) in [6.45, 7) is 5.19. The first-order valence-electron chi connectivity index (χ1n) is 12.9. The van der Waals surface area contributed by atoms with E-state index in [2.05, 4.69) is 10.3 Å². The van der Waals surface area contributed by atoms with Gasteiger partial charge in [0.05, 0.1) is 26.2 Å². The molecule has 202 valence electrons. The predicted molar refractivity (Wildman–Crippen MR) is 148 cm³/mol. The van der Waals surface area contributed by atoms with E-state index >= 15 is 0 Å². The summed E-state index contributed by atoms with van der Waals surface area (Å²) in [6.07, 6.45) is 3.84. The van der Waals surface area contributed by atoms with Crippen LogP contribution in [-0.4, -0.2) is 60.0 Å². The van der Waals surface area contributed by atoms with Crippen LogP contribution in [0.5, 0.6) is 0 Å². The van der Waals surface area contributed by atoms with E-state index in [4.69, 9.17) is 0 Å². The normalized spacial score (nSPS) is 13.5. The maximum absolute atomic E-state index is 13.3. The Labute approximate surface area is 226 Å². The minimum absolute atomic E-state index is 0.104. The molecule has 0 radical (unpaired) electrons. The fourth-order valence-electron chi connectivity index (χ4n) is 4.31. The molecule has 1 N–H and O–H groups in total. The number of fused-ring (bicyclic) bond motifs is 2. The van der Waals surface area contributed by atoms with Crippen molar-refractivity contribution in [3.8, 4) is 0 Å². The molecule has 0 bridgehead atoms. The van der Waals surface area contributed by atoms with Gasteiger partial charge in [0.15, 0.2) is 5.13 Å². The number of carbonyl (C=O) groups excluding carboxylic acids is 3. The Morgan fingerprint density at radius 3 is 2.21 bits per heavy atom. The summed E-state index contributed by atoms with van der Waals surface area (Å²) in [7, 11) is -3.63. The monoisotopic (exact) mass is 556 g/mol. The van der Waals surface area contributed by atoms with E-state index < -0.39 is 10.0 Å². The van der Waals surface area contributed by atoms with Gasteiger partial charge in [-0.1, -0.05) is 50.2 Å². The number of anilines is 1. The number of imide groups is 1. The highest BCUT2D eigenvalue weighted by Crippen LogP contribution is 2.30. The van der Waals surface area contributed by atoms with Crippen molar-refractivity contribution in [3.05, 3.63) is 53.6 Å². The maximum atomic E-state index is 13.3. The molecule has 38 heavy (non-hydrogen) atoms. The van der Waals surface area contributed by atoms with Gasteiger partial charge in [-0.2, -0.15) is 4.31 Å². The summed E-state index contributed by atoms with van der Waals surface area (Å²) in [4.78, 5) is 43.3. The minimum Gasteiger partial charge on any atom is -0.302 e. The van der Waals surface area contributed by atoms with Crippen molar-refractivity contribution in [2.75, 3.05) is 25.0 Å². The first kappa shape index (κ1) is 27.9. The molecule has 9 nitrogen and oxygen atoms in total. The molecular formula is C27H32N4O5S2. The van der Waals surface area contributed by atoms with Crippen LogP contribution >= 0.6 is 11.3 Å². The van der Waals surface area contributed by atoms with Gasteiger partial charge in [-0.15, -0.1) is 0 Å². The van der Waals surface area contributed by atoms with Gasteiger partial charge < -0.3 is 5.32 Å². The predicted octanol–water partition coefficient (Wildman–Crippen LogP) is 4.90. The van der Waals surface area contributed by atoms with Gasteiger partial charge in [0.25, 0.3) is 11.8 Å². The average molecular weight is 557 g/mol. The number of unbranched alkanes of at least 4 members (excludes halogenated alkanes) is 2. The molecule has 11 heteroatoms. The number of aromatic nitrogens is 1. The molecule has 0 aliphatic carbocycles. The highest BCUT2D eigenvalue weighted by atomic mass is 32.2. The van der Waals surface area contributed by atoms with Crippen molar-refractivity contribution in [1.82, 2.24) is 14.2 Å². The number of nitrogens with zero attached hydrogens (tertiary/aromatic N) is 3. The van der Waals surface area contributed by atoms with Crippen LogP contribution in [0.25, 0.3) is 10.2 Å². The number of thiazole rings is 1. The molecular weight excluding hydrogens is 524 g/mol. The van der Waals surface area contributed by atoms with Crippen molar-refractivity contribution < 1.29 is 22.8 Å². The van der Waals surface area contributed by atoms with Gasteiger partial charge in [0.2, 0.25) is 15.9 Å². The fourth-order valence-corrected chi connectivity index (χ4v) is 6.85. The highest BCUT2D eigenvalue weighted by Gasteiger charge is 2.34. The van der Waals surface area contributed by atoms with Gasteiger partial charge in [-0.25, -0.2) is 13.4 Å². The van der Waals surface area contributed by atoms with E-state index in [9.17, 15) is 22.8 Å². The lowest BCUT2D eigenvalue weighted by Crippen LogP contribution is -2.33. The molecule has 0 unspecified atom stereocenters. The molecule has 3 amide bonds. The van der Waals surface area contributed by atoms with Crippen molar-refractivity contribution in [1.29, 1.82) is 0 Å². The summed E-state index contributed by atoms with van der Waals surface area (Å²) in [5.41, 5.74) is 1.37. The molecule has 4 rings (SSSR count). The number of carbonyl (C=O) groups is 3. The third-order valence-electron chi connectivity index (χ3n) is 6.43. The number of sulfonamides is 1. The molecule has 0 fully saturated rings. The molecule has 0 saturated carbocycles. The average Bonchev–Trinajstić information content (AvgIpc) is 3.41. The fraction of sp³-hybridized carbons (Fsp3) is 0.407. The van der Waals surface area contributed by atoms with E-state index in [-0.39, 0.29) is 35.6 Å². The summed E-state index contributed by atoms with van der Waals surface area (Å²) in [5.74, 6) is -0.976. The smallest absolute Gasteiger partial charge is 0.261 e. The second kappa shape index (κ2) is 12.1. The summed E-state index contributed by atoms with van der Waals surface area (Å²) in [5, 5.41) is 3.12. The molecule has 2 aromatic carbocycles. The Morgan fingerprint density at radius 2 is 1.61 bits per heavy atom. The zero-order valence-corrected chi connectivity index (χ0v) is 23.2. The van der Waals surface area contributed by atoms with Crippen molar-refractivity contribution in [2.45, 2.75) is 57.3 Å². The number of hydrogen-bond acceptors (Lipinski definition) is 7. The van der Waals surface area contributed by atoms with Crippen LogP contribution in [0.15, 0.2) is 47.4 Å². The summed E-state index contributed by atoms with van der Waals surface area (Å²) >= 11 is 1.21. The van der Waals surface area contributed by atoms with Gasteiger partial charge in [0.1, 0.15) is 0 Å². The Balaban J connectivity index is 1.37. The lowest BCUT2D eigenvalue weighted by Gasteiger charge is -2.21. The van der Waals surface area contributed by atoms with Gasteiger partial charge in [-0.05, 0) is 49.6 Å². The van der Waals surface area contributed by atoms with Crippen LogP contribution < -0.4 is 5.32 Å². The standard InChI is InChI=1S/C27H32N4O5S2/c1-3-5-15-30(16-6-4-2)38(35,36)19-13-14-22-23(18-19)37-27(28-22)29-24(32)12-9-17-31-25(33)20-10-7-8-11-21(20)26(31)34/h7-8,10-11,13-14,18H,3-6,9,12,15-17H2,1-2H3,(H,28,29,32). The minimum atomic E-state index is -3.63. The van der Waals surface area contributed by atoms with Crippen LogP contribution in [0, 0.1) is 0 Å². The lowest BCUT2D eigenvalue weighted by molar-refractivity contribution is -0.116. The van der Waals surface area contributed by atoms with E-state index in [1.807, 2.05) is 13.8 Å². The third kappa shape index (κ3) is 5.95. The SMILES string of the molecule is CCCCN(CCCC)S(=O)(=O)c1ccc2nc(NC(=O)CCCN3C(=O)c4ccccc4C3=O)sc2c1. The number of amides is 3. The Bertz CT molecular complexity index is 1410. The molecule has 0 saturated heterocycles. The van der Waals surface area contributed by atoms with Crippen LogP contribution in [0.3, 0.4) is 0 Å². The zero-order valence-electron chi connectivity index (χ0n) is 21.6. The highest BCUT2D eigenvalue weighted by molar-refractivity contribution is 7.89. The molecule has 2 heterocycles. The second-order valence-corrected chi connectivity index (χ2v) is 12.2.